The Morgan fingerprint density at radius 2 is 2.04 bits per heavy atom. The summed E-state index contributed by atoms with van der Waals surface area (Å²) in [5, 5.41) is 18.1. The van der Waals surface area contributed by atoms with Crippen molar-refractivity contribution >= 4 is 0 Å². The number of hydrogen-bond acceptors (Lipinski definition) is 6. The minimum Gasteiger partial charge on any atom is -0.394 e. The zero-order valence-electron chi connectivity index (χ0n) is 14.6. The van der Waals surface area contributed by atoms with E-state index in [1.165, 1.54) is 10.8 Å². The second kappa shape index (κ2) is 6.93. The summed E-state index contributed by atoms with van der Waals surface area (Å²) in [4.78, 5) is 26.0. The number of nitrogens with zero attached hydrogens (tertiary/aromatic N) is 4. The van der Waals surface area contributed by atoms with Crippen LogP contribution in [0.1, 0.15) is 24.3 Å². The van der Waals surface area contributed by atoms with Crippen LogP contribution in [-0.2, 0) is 4.74 Å². The molecule has 2 unspecified atom stereocenters. The molecule has 0 saturated carbocycles. The van der Waals surface area contributed by atoms with Gasteiger partial charge in [-0.3, -0.25) is 14.3 Å². The van der Waals surface area contributed by atoms with E-state index in [1.54, 1.807) is 17.8 Å². The molecule has 4 rings (SSSR count). The molecule has 3 heterocycles. The Labute approximate surface area is 153 Å². The number of aliphatic hydroxyl groups is 1. The third kappa shape index (κ3) is 3.22. The molecule has 1 aliphatic heterocycles. The first-order valence-corrected chi connectivity index (χ1v) is 8.62. The summed E-state index contributed by atoms with van der Waals surface area (Å²) in [6.07, 6.45) is 2.53. The van der Waals surface area contributed by atoms with Gasteiger partial charge in [-0.1, -0.05) is 35.5 Å². The predicted molar refractivity (Wildman–Crippen MR) is 96.2 cm³/mol. The van der Waals surface area contributed by atoms with Crippen molar-refractivity contribution in [2.75, 3.05) is 6.61 Å². The molecule has 0 radical (unpaired) electrons. The van der Waals surface area contributed by atoms with E-state index < -0.39 is 23.6 Å². The Hall–Kier alpha value is -3.04. The zero-order valence-corrected chi connectivity index (χ0v) is 14.6. The van der Waals surface area contributed by atoms with Gasteiger partial charge in [0.1, 0.15) is 18.0 Å². The van der Waals surface area contributed by atoms with Crippen molar-refractivity contribution in [1.29, 1.82) is 0 Å². The Bertz CT molecular complexity index is 1060. The van der Waals surface area contributed by atoms with Crippen molar-refractivity contribution in [1.82, 2.24) is 24.5 Å². The lowest BCUT2D eigenvalue weighted by Crippen LogP contribution is -2.33. The molecular formula is C18H19N5O4. The molecular weight excluding hydrogens is 350 g/mol. The third-order valence-electron chi connectivity index (χ3n) is 4.76. The molecule has 3 atom stereocenters. The van der Waals surface area contributed by atoms with Gasteiger partial charge in [0, 0.05) is 23.7 Å². The van der Waals surface area contributed by atoms with Crippen molar-refractivity contribution in [2.45, 2.75) is 31.7 Å². The highest BCUT2D eigenvalue weighted by molar-refractivity contribution is 5.57. The molecule has 1 aliphatic rings. The van der Waals surface area contributed by atoms with Gasteiger partial charge >= 0.3 is 5.69 Å². The van der Waals surface area contributed by atoms with Gasteiger partial charge in [-0.15, -0.1) is 5.10 Å². The highest BCUT2D eigenvalue weighted by Gasteiger charge is 2.38. The van der Waals surface area contributed by atoms with Crippen LogP contribution in [-0.4, -0.2) is 42.4 Å². The average molecular weight is 369 g/mol. The van der Waals surface area contributed by atoms with Crippen LogP contribution in [0, 0.1) is 6.92 Å². The number of benzene rings is 1. The van der Waals surface area contributed by atoms with E-state index in [0.717, 1.165) is 5.56 Å². The van der Waals surface area contributed by atoms with Crippen LogP contribution in [0.4, 0.5) is 0 Å². The Kier molecular flexibility index (Phi) is 4.46. The summed E-state index contributed by atoms with van der Waals surface area (Å²) in [5.74, 6) is 0. The van der Waals surface area contributed by atoms with Crippen LogP contribution in [0.15, 0.2) is 52.3 Å². The van der Waals surface area contributed by atoms with Crippen LogP contribution < -0.4 is 11.2 Å². The standard InChI is InChI=1S/C18H19N5O4/c1-11-8-22(18(26)19-17(11)25)16-7-14(15(10-24)27-16)23-9-13(20-21-23)12-5-3-2-4-6-12/h2-6,8-9,14-16,24H,7,10H2,1H3,(H,19,25,26)/t14?,15-,16?/m1/s1. The first kappa shape index (κ1) is 17.4. The maximum atomic E-state index is 12.1. The Morgan fingerprint density at radius 3 is 2.78 bits per heavy atom. The Balaban J connectivity index is 1.63. The fourth-order valence-corrected chi connectivity index (χ4v) is 3.31. The summed E-state index contributed by atoms with van der Waals surface area (Å²) in [5.41, 5.74) is 1.10. The lowest BCUT2D eigenvalue weighted by atomic mass is 10.1. The topological polar surface area (TPSA) is 115 Å². The van der Waals surface area contributed by atoms with Gasteiger partial charge in [0.05, 0.1) is 18.8 Å². The second-order valence-corrected chi connectivity index (χ2v) is 6.54. The highest BCUT2D eigenvalue weighted by atomic mass is 16.5. The van der Waals surface area contributed by atoms with Crippen molar-refractivity contribution in [3.8, 4) is 11.3 Å². The number of ether oxygens (including phenoxy) is 1. The summed E-state index contributed by atoms with van der Waals surface area (Å²) < 4.78 is 8.86. The number of hydrogen-bond donors (Lipinski definition) is 2. The van der Waals surface area contributed by atoms with Gasteiger partial charge in [-0.25, -0.2) is 9.48 Å². The molecule has 27 heavy (non-hydrogen) atoms. The first-order valence-electron chi connectivity index (χ1n) is 8.62. The fraction of sp³-hybridized carbons (Fsp3) is 0.333. The Morgan fingerprint density at radius 1 is 1.26 bits per heavy atom. The predicted octanol–water partition coefficient (Wildman–Crippen LogP) is 0.625. The maximum absolute atomic E-state index is 12.1. The van der Waals surface area contributed by atoms with E-state index in [4.69, 9.17) is 4.74 Å². The van der Waals surface area contributed by atoms with Gasteiger partial charge in [-0.2, -0.15) is 0 Å². The monoisotopic (exact) mass is 369 g/mol. The molecule has 1 fully saturated rings. The minimum absolute atomic E-state index is 0.223. The van der Waals surface area contributed by atoms with E-state index in [9.17, 15) is 14.7 Å². The molecule has 1 aromatic carbocycles. The van der Waals surface area contributed by atoms with Crippen molar-refractivity contribution in [3.63, 3.8) is 0 Å². The van der Waals surface area contributed by atoms with Crippen LogP contribution in [0.5, 0.6) is 0 Å². The lowest BCUT2D eigenvalue weighted by molar-refractivity contribution is -0.0323. The first-order chi connectivity index (χ1) is 13.1. The number of aromatic amines is 1. The molecule has 9 heteroatoms. The normalized spacial score (nSPS) is 22.2. The van der Waals surface area contributed by atoms with Gasteiger partial charge < -0.3 is 9.84 Å². The number of aryl methyl sites for hydroxylation is 1. The number of aliphatic hydroxyl groups excluding tert-OH is 1. The molecule has 0 spiro atoms. The highest BCUT2D eigenvalue weighted by Crippen LogP contribution is 2.36. The molecule has 9 nitrogen and oxygen atoms in total. The lowest BCUT2D eigenvalue weighted by Gasteiger charge is -2.15. The zero-order chi connectivity index (χ0) is 19.0. The van der Waals surface area contributed by atoms with Gasteiger partial charge in [0.2, 0.25) is 0 Å². The van der Waals surface area contributed by atoms with E-state index in [2.05, 4.69) is 15.3 Å². The molecule has 0 amide bonds. The SMILES string of the molecule is Cc1cn(C2CC(n3cc(-c4ccccc4)nn3)[C@@H](CO)O2)c(=O)[nH]c1=O. The molecule has 1 saturated heterocycles. The van der Waals surface area contributed by atoms with Crippen LogP contribution in [0.25, 0.3) is 11.3 Å². The largest absolute Gasteiger partial charge is 0.394 e. The third-order valence-corrected chi connectivity index (χ3v) is 4.76. The summed E-state index contributed by atoms with van der Waals surface area (Å²) >= 11 is 0. The molecule has 140 valence electrons. The molecule has 0 bridgehead atoms. The van der Waals surface area contributed by atoms with Crippen molar-refractivity contribution in [3.05, 3.63) is 69.1 Å². The summed E-state index contributed by atoms with van der Waals surface area (Å²) in [6.45, 7) is 1.40. The van der Waals surface area contributed by atoms with Gasteiger partial charge in [0.25, 0.3) is 5.56 Å². The summed E-state index contributed by atoms with van der Waals surface area (Å²) in [6, 6.07) is 9.36. The van der Waals surface area contributed by atoms with Crippen LogP contribution >= 0.6 is 0 Å². The molecule has 2 aromatic heterocycles. The molecule has 3 aromatic rings. The van der Waals surface area contributed by atoms with Crippen LogP contribution in [0.3, 0.4) is 0 Å². The number of H-pyrrole nitrogens is 1. The van der Waals surface area contributed by atoms with E-state index >= 15 is 0 Å². The van der Waals surface area contributed by atoms with E-state index in [1.807, 2.05) is 30.3 Å². The van der Waals surface area contributed by atoms with Gasteiger partial charge in [-0.05, 0) is 6.92 Å². The van der Waals surface area contributed by atoms with E-state index in [0.29, 0.717) is 17.7 Å². The smallest absolute Gasteiger partial charge is 0.330 e. The number of aromatic nitrogens is 5. The number of nitrogens with one attached hydrogen (secondary N) is 1. The van der Waals surface area contributed by atoms with Crippen molar-refractivity contribution in [2.24, 2.45) is 0 Å². The average Bonchev–Trinajstić information content (AvgIpc) is 3.32. The minimum atomic E-state index is -0.612. The fourth-order valence-electron chi connectivity index (χ4n) is 3.31. The summed E-state index contributed by atoms with van der Waals surface area (Å²) in [7, 11) is 0. The molecule has 0 aliphatic carbocycles. The number of rotatable bonds is 4. The second-order valence-electron chi connectivity index (χ2n) is 6.54. The van der Waals surface area contributed by atoms with Gasteiger partial charge in [0.15, 0.2) is 0 Å². The molecule has 2 N–H and O–H groups in total. The van der Waals surface area contributed by atoms with Crippen LogP contribution in [0.2, 0.25) is 0 Å². The van der Waals surface area contributed by atoms with E-state index in [-0.39, 0.29) is 12.6 Å². The quantitative estimate of drug-likeness (QED) is 0.697. The van der Waals surface area contributed by atoms with Crippen molar-refractivity contribution < 1.29 is 9.84 Å². The maximum Gasteiger partial charge on any atom is 0.330 e.